The molecule has 6 heteroatoms. The minimum atomic E-state index is -0.930. The molecule has 0 saturated heterocycles. The molecule has 4 N–H and O–H groups in total. The summed E-state index contributed by atoms with van der Waals surface area (Å²) in [5.41, 5.74) is 8.60. The highest BCUT2D eigenvalue weighted by Gasteiger charge is 2.27. The van der Waals surface area contributed by atoms with E-state index in [1.165, 1.54) is 0 Å². The van der Waals surface area contributed by atoms with Crippen molar-refractivity contribution in [1.82, 2.24) is 4.90 Å². The fourth-order valence-corrected chi connectivity index (χ4v) is 2.46. The van der Waals surface area contributed by atoms with Gasteiger partial charge in [-0.25, -0.2) is 0 Å². The summed E-state index contributed by atoms with van der Waals surface area (Å²) in [5, 5.41) is 18.3. The highest BCUT2D eigenvalue weighted by Crippen LogP contribution is 2.35. The number of rotatable bonds is 6. The number of aliphatic hydroxyl groups is 2. The number of allylic oxidation sites excluding steroid dienone is 1. The molecule has 1 unspecified atom stereocenters. The summed E-state index contributed by atoms with van der Waals surface area (Å²) in [4.78, 5) is 0.977. The maximum atomic E-state index is 9.17. The summed E-state index contributed by atoms with van der Waals surface area (Å²) in [6.45, 7) is 0.873. The minimum absolute atomic E-state index is 0.00461. The molecule has 1 aromatic heterocycles. The van der Waals surface area contributed by atoms with Crippen molar-refractivity contribution in [2.24, 2.45) is 5.73 Å². The van der Waals surface area contributed by atoms with Gasteiger partial charge in [0.25, 0.3) is 0 Å². The van der Waals surface area contributed by atoms with Crippen LogP contribution in [0.1, 0.15) is 12.0 Å². The van der Waals surface area contributed by atoms with Crippen LogP contribution in [0.4, 0.5) is 0 Å². The van der Waals surface area contributed by atoms with Crippen LogP contribution in [0.5, 0.6) is 0 Å². The molecule has 2 rings (SSSR count). The molecule has 0 aliphatic heterocycles. The first kappa shape index (κ1) is 15.1. The monoisotopic (exact) mass is 298 g/mol. The van der Waals surface area contributed by atoms with Gasteiger partial charge >= 0.3 is 0 Å². The summed E-state index contributed by atoms with van der Waals surface area (Å²) in [5.74, 6) is 0. The summed E-state index contributed by atoms with van der Waals surface area (Å²) in [6.07, 6.45) is 7.40. The Morgan fingerprint density at radius 1 is 1.35 bits per heavy atom. The molecule has 0 bridgehead atoms. The Balaban J connectivity index is 2.35. The molecule has 5 nitrogen and oxygen atoms in total. The maximum absolute atomic E-state index is 9.17. The molecule has 0 spiro atoms. The molecule has 0 aromatic carbocycles. The zero-order chi connectivity index (χ0) is 14.6. The molecule has 1 heterocycles. The first-order valence-corrected chi connectivity index (χ1v) is 6.85. The highest BCUT2D eigenvalue weighted by molar-refractivity contribution is 6.25. The van der Waals surface area contributed by atoms with Gasteiger partial charge in [-0.15, -0.1) is 0 Å². The van der Waals surface area contributed by atoms with Crippen LogP contribution >= 0.6 is 11.6 Å². The van der Waals surface area contributed by atoms with E-state index in [-0.39, 0.29) is 13.2 Å². The van der Waals surface area contributed by atoms with Crippen LogP contribution in [0, 0.1) is 0 Å². The molecule has 110 valence electrons. The Bertz CT molecular complexity index is 489. The van der Waals surface area contributed by atoms with Crippen LogP contribution in [0.15, 0.2) is 40.9 Å². The lowest BCUT2D eigenvalue weighted by molar-refractivity contribution is 0.192. The molecular weight excluding hydrogens is 280 g/mol. The van der Waals surface area contributed by atoms with Crippen molar-refractivity contribution in [3.8, 4) is 0 Å². The number of aliphatic hydroxyl groups excluding tert-OH is 2. The van der Waals surface area contributed by atoms with E-state index >= 15 is 0 Å². The molecule has 1 aromatic rings. The molecule has 1 aliphatic rings. The molecule has 0 saturated carbocycles. The van der Waals surface area contributed by atoms with E-state index in [2.05, 4.69) is 0 Å². The number of nitrogens with zero attached hydrogens (tertiary/aromatic N) is 1. The Labute approximate surface area is 122 Å². The molecule has 0 amide bonds. The van der Waals surface area contributed by atoms with Crippen LogP contribution in [0.2, 0.25) is 0 Å². The number of hydrogen-bond acceptors (Lipinski definition) is 5. The summed E-state index contributed by atoms with van der Waals surface area (Å²) < 4.78 is 5.11. The molecule has 1 aliphatic carbocycles. The van der Waals surface area contributed by atoms with Gasteiger partial charge in [0.1, 0.15) is 5.00 Å². The molecule has 20 heavy (non-hydrogen) atoms. The van der Waals surface area contributed by atoms with Crippen molar-refractivity contribution in [1.29, 1.82) is 0 Å². The van der Waals surface area contributed by atoms with Crippen molar-refractivity contribution in [3.05, 3.63) is 42.0 Å². The lowest BCUT2D eigenvalue weighted by Gasteiger charge is -2.32. The third kappa shape index (κ3) is 3.43. The lowest BCUT2D eigenvalue weighted by Crippen LogP contribution is -2.36. The standard InChI is InChI=1S/C14H19ClN2O3/c15-14(16)3-1-13(17(4-6-18)5-7-19)12(9-14)11-2-8-20-10-11/h1-2,8-10,18-19H,3-7,16H2. The van der Waals surface area contributed by atoms with Crippen LogP contribution in [-0.4, -0.2) is 46.4 Å². The summed E-state index contributed by atoms with van der Waals surface area (Å²) in [7, 11) is 0. The Morgan fingerprint density at radius 2 is 2.05 bits per heavy atom. The van der Waals surface area contributed by atoms with Gasteiger partial charge in [0, 0.05) is 36.3 Å². The fourth-order valence-electron chi connectivity index (χ4n) is 2.28. The summed E-state index contributed by atoms with van der Waals surface area (Å²) >= 11 is 6.22. The van der Waals surface area contributed by atoms with E-state index in [1.54, 1.807) is 18.6 Å². The predicted molar refractivity (Wildman–Crippen MR) is 77.9 cm³/mol. The SMILES string of the molecule is NC1(Cl)C=C(c2ccoc2)C(N(CCO)CCO)=CC1. The predicted octanol–water partition coefficient (Wildman–Crippen LogP) is 1.13. The van der Waals surface area contributed by atoms with E-state index in [4.69, 9.17) is 21.8 Å². The maximum Gasteiger partial charge on any atom is 0.114 e. The van der Waals surface area contributed by atoms with Crippen molar-refractivity contribution in [2.75, 3.05) is 26.3 Å². The Morgan fingerprint density at radius 3 is 2.60 bits per heavy atom. The molecule has 1 atom stereocenters. The second-order valence-electron chi connectivity index (χ2n) is 4.72. The quantitative estimate of drug-likeness (QED) is 0.542. The van der Waals surface area contributed by atoms with E-state index in [1.807, 2.05) is 17.0 Å². The van der Waals surface area contributed by atoms with Gasteiger partial charge in [0.05, 0.1) is 25.7 Å². The van der Waals surface area contributed by atoms with Crippen LogP contribution < -0.4 is 5.73 Å². The molecule has 0 radical (unpaired) electrons. The van der Waals surface area contributed by atoms with Crippen molar-refractivity contribution < 1.29 is 14.6 Å². The van der Waals surface area contributed by atoms with Crippen molar-refractivity contribution in [3.63, 3.8) is 0 Å². The van der Waals surface area contributed by atoms with Gasteiger partial charge in [-0.3, -0.25) is 0 Å². The minimum Gasteiger partial charge on any atom is -0.472 e. The lowest BCUT2D eigenvalue weighted by atomic mass is 9.94. The second kappa shape index (κ2) is 6.45. The van der Waals surface area contributed by atoms with Gasteiger partial charge < -0.3 is 25.3 Å². The molecule has 0 fully saturated rings. The van der Waals surface area contributed by atoms with E-state index < -0.39 is 5.00 Å². The van der Waals surface area contributed by atoms with Gasteiger partial charge in [-0.1, -0.05) is 17.7 Å². The first-order valence-electron chi connectivity index (χ1n) is 6.48. The van der Waals surface area contributed by atoms with Crippen LogP contribution in [0.3, 0.4) is 0 Å². The van der Waals surface area contributed by atoms with Crippen LogP contribution in [0.25, 0.3) is 5.57 Å². The largest absolute Gasteiger partial charge is 0.472 e. The number of furan rings is 1. The van der Waals surface area contributed by atoms with Gasteiger partial charge in [0.2, 0.25) is 0 Å². The van der Waals surface area contributed by atoms with Gasteiger partial charge in [-0.05, 0) is 12.1 Å². The Kier molecular flexibility index (Phi) is 4.88. The summed E-state index contributed by atoms with van der Waals surface area (Å²) in [6, 6.07) is 1.83. The third-order valence-corrected chi connectivity index (χ3v) is 3.44. The normalized spacial score (nSPS) is 22.4. The van der Waals surface area contributed by atoms with Crippen molar-refractivity contribution >= 4 is 17.2 Å². The number of nitrogens with two attached hydrogens (primary N) is 1. The smallest absolute Gasteiger partial charge is 0.114 e. The zero-order valence-corrected chi connectivity index (χ0v) is 11.9. The first-order chi connectivity index (χ1) is 9.57. The third-order valence-electron chi connectivity index (χ3n) is 3.18. The average molecular weight is 299 g/mol. The number of hydrogen-bond donors (Lipinski definition) is 3. The molecular formula is C14H19ClN2O3. The fraction of sp³-hybridized carbons (Fsp3) is 0.429. The van der Waals surface area contributed by atoms with E-state index in [0.717, 1.165) is 16.8 Å². The van der Waals surface area contributed by atoms with Gasteiger partial charge in [-0.2, -0.15) is 0 Å². The average Bonchev–Trinajstić information content (AvgIpc) is 2.91. The van der Waals surface area contributed by atoms with Crippen molar-refractivity contribution in [2.45, 2.75) is 11.4 Å². The topological polar surface area (TPSA) is 82.9 Å². The highest BCUT2D eigenvalue weighted by atomic mass is 35.5. The zero-order valence-electron chi connectivity index (χ0n) is 11.1. The Hall–Kier alpha value is -1.27. The number of alkyl halides is 1. The second-order valence-corrected chi connectivity index (χ2v) is 5.43. The number of halogens is 1. The van der Waals surface area contributed by atoms with E-state index in [0.29, 0.717) is 19.5 Å². The van der Waals surface area contributed by atoms with E-state index in [9.17, 15) is 10.2 Å². The van der Waals surface area contributed by atoms with Gasteiger partial charge in [0.15, 0.2) is 0 Å². The van der Waals surface area contributed by atoms with Crippen LogP contribution in [-0.2, 0) is 0 Å².